The molecule has 0 aliphatic heterocycles. The van der Waals surface area contributed by atoms with E-state index in [1.54, 1.807) is 25.1 Å². The second-order valence-electron chi connectivity index (χ2n) is 5.55. The molecule has 0 aliphatic rings. The molecule has 5 nitrogen and oxygen atoms in total. The van der Waals surface area contributed by atoms with Gasteiger partial charge >= 0.3 is 0 Å². The van der Waals surface area contributed by atoms with Crippen LogP contribution < -0.4 is 16.0 Å². The Hall–Kier alpha value is -2.53. The van der Waals surface area contributed by atoms with E-state index in [9.17, 15) is 9.59 Å². The molecule has 1 atom stereocenters. The highest BCUT2D eigenvalue weighted by molar-refractivity contribution is 6.34. The molecule has 0 bridgehead atoms. The molecule has 0 saturated carbocycles. The summed E-state index contributed by atoms with van der Waals surface area (Å²) in [5.74, 6) is -0.338. The Morgan fingerprint density at radius 3 is 2.38 bits per heavy atom. The van der Waals surface area contributed by atoms with Crippen LogP contribution in [0.4, 0.5) is 17.1 Å². The standard InChI is InChI=1S/C18H20ClN3O2/c1-11-6-4-5-7-16(11)22-18(24)12(2)20-14-8-9-17(15(19)10-14)21-13(3)23/h4-10,12,20H,1-3H3,(H,21,23)(H,22,24). The van der Waals surface area contributed by atoms with Crippen LogP contribution in [-0.4, -0.2) is 17.9 Å². The summed E-state index contributed by atoms with van der Waals surface area (Å²) in [5.41, 5.74) is 3.02. The lowest BCUT2D eigenvalue weighted by atomic mass is 10.2. The number of hydrogen-bond donors (Lipinski definition) is 3. The molecule has 1 unspecified atom stereocenters. The number of rotatable bonds is 5. The lowest BCUT2D eigenvalue weighted by Crippen LogP contribution is -2.32. The summed E-state index contributed by atoms with van der Waals surface area (Å²) in [6.07, 6.45) is 0. The van der Waals surface area contributed by atoms with Crippen LogP contribution in [0.25, 0.3) is 0 Å². The molecule has 2 aromatic rings. The summed E-state index contributed by atoms with van der Waals surface area (Å²) in [4.78, 5) is 23.4. The van der Waals surface area contributed by atoms with Crippen molar-refractivity contribution in [3.05, 3.63) is 53.1 Å². The fourth-order valence-electron chi connectivity index (χ4n) is 2.17. The SMILES string of the molecule is CC(=O)Nc1ccc(NC(C)C(=O)Nc2ccccc2C)cc1Cl. The zero-order valence-corrected chi connectivity index (χ0v) is 14.6. The second-order valence-corrected chi connectivity index (χ2v) is 5.95. The predicted octanol–water partition coefficient (Wildman–Crippen LogP) is 4.05. The zero-order valence-electron chi connectivity index (χ0n) is 13.8. The van der Waals surface area contributed by atoms with Crippen LogP contribution in [0.15, 0.2) is 42.5 Å². The molecule has 0 spiro atoms. The van der Waals surface area contributed by atoms with Crippen molar-refractivity contribution in [2.45, 2.75) is 26.8 Å². The third-order valence-corrected chi connectivity index (χ3v) is 3.77. The Labute approximate surface area is 146 Å². The van der Waals surface area contributed by atoms with E-state index >= 15 is 0 Å². The van der Waals surface area contributed by atoms with Gasteiger partial charge in [0.05, 0.1) is 10.7 Å². The molecule has 2 amide bonds. The van der Waals surface area contributed by atoms with Gasteiger partial charge in [-0.15, -0.1) is 0 Å². The molecule has 0 saturated heterocycles. The number of hydrogen-bond acceptors (Lipinski definition) is 3. The van der Waals surface area contributed by atoms with Crippen molar-refractivity contribution in [3.8, 4) is 0 Å². The first-order valence-corrected chi connectivity index (χ1v) is 7.95. The van der Waals surface area contributed by atoms with Crippen molar-refractivity contribution in [3.63, 3.8) is 0 Å². The molecule has 0 aliphatic carbocycles. The van der Waals surface area contributed by atoms with E-state index in [1.807, 2.05) is 31.2 Å². The van der Waals surface area contributed by atoms with Crippen molar-refractivity contribution in [1.82, 2.24) is 0 Å². The van der Waals surface area contributed by atoms with Crippen LogP contribution in [0.1, 0.15) is 19.4 Å². The number of carbonyl (C=O) groups excluding carboxylic acids is 2. The van der Waals surface area contributed by atoms with Crippen molar-refractivity contribution >= 4 is 40.5 Å². The highest BCUT2D eigenvalue weighted by atomic mass is 35.5. The largest absolute Gasteiger partial charge is 0.374 e. The van der Waals surface area contributed by atoms with Crippen molar-refractivity contribution < 1.29 is 9.59 Å². The van der Waals surface area contributed by atoms with Gasteiger partial charge in [-0.3, -0.25) is 9.59 Å². The van der Waals surface area contributed by atoms with Gasteiger partial charge in [0.2, 0.25) is 11.8 Å². The molecule has 6 heteroatoms. The average molecular weight is 346 g/mol. The van der Waals surface area contributed by atoms with E-state index in [0.29, 0.717) is 16.4 Å². The smallest absolute Gasteiger partial charge is 0.246 e. The summed E-state index contributed by atoms with van der Waals surface area (Å²) < 4.78 is 0. The number of benzene rings is 2. The Morgan fingerprint density at radius 1 is 1.04 bits per heavy atom. The Balaban J connectivity index is 2.02. The lowest BCUT2D eigenvalue weighted by Gasteiger charge is -2.17. The highest BCUT2D eigenvalue weighted by Crippen LogP contribution is 2.26. The van der Waals surface area contributed by atoms with Crippen LogP contribution in [0, 0.1) is 6.92 Å². The Kier molecular flexibility index (Phi) is 5.82. The molecule has 24 heavy (non-hydrogen) atoms. The van der Waals surface area contributed by atoms with Gasteiger partial charge in [-0.1, -0.05) is 29.8 Å². The van der Waals surface area contributed by atoms with E-state index < -0.39 is 6.04 Å². The minimum absolute atomic E-state index is 0.147. The van der Waals surface area contributed by atoms with Gasteiger partial charge in [-0.2, -0.15) is 0 Å². The van der Waals surface area contributed by atoms with Crippen molar-refractivity contribution in [2.75, 3.05) is 16.0 Å². The van der Waals surface area contributed by atoms with Gasteiger partial charge in [0, 0.05) is 18.3 Å². The number of aryl methyl sites for hydroxylation is 1. The Bertz CT molecular complexity index is 762. The number of anilines is 3. The monoisotopic (exact) mass is 345 g/mol. The van der Waals surface area contributed by atoms with Crippen LogP contribution >= 0.6 is 11.6 Å². The normalized spacial score (nSPS) is 11.5. The maximum Gasteiger partial charge on any atom is 0.246 e. The Morgan fingerprint density at radius 2 is 1.75 bits per heavy atom. The summed E-state index contributed by atoms with van der Waals surface area (Å²) in [6, 6.07) is 12.3. The van der Waals surface area contributed by atoms with E-state index in [0.717, 1.165) is 11.3 Å². The molecule has 2 aromatic carbocycles. The van der Waals surface area contributed by atoms with E-state index in [2.05, 4.69) is 16.0 Å². The number of carbonyl (C=O) groups is 2. The number of amides is 2. The fraction of sp³-hybridized carbons (Fsp3) is 0.222. The van der Waals surface area contributed by atoms with Crippen LogP contribution in [0.5, 0.6) is 0 Å². The summed E-state index contributed by atoms with van der Waals surface area (Å²) >= 11 is 6.13. The number of nitrogens with one attached hydrogen (secondary N) is 3. The van der Waals surface area contributed by atoms with E-state index in [1.165, 1.54) is 6.92 Å². The summed E-state index contributed by atoms with van der Waals surface area (Å²) in [7, 11) is 0. The highest BCUT2D eigenvalue weighted by Gasteiger charge is 2.14. The maximum absolute atomic E-state index is 12.3. The van der Waals surface area contributed by atoms with Gasteiger partial charge < -0.3 is 16.0 Å². The first-order valence-electron chi connectivity index (χ1n) is 7.57. The zero-order chi connectivity index (χ0) is 17.7. The van der Waals surface area contributed by atoms with Crippen LogP contribution in [0.3, 0.4) is 0 Å². The minimum Gasteiger partial charge on any atom is -0.374 e. The van der Waals surface area contributed by atoms with E-state index in [4.69, 9.17) is 11.6 Å². The van der Waals surface area contributed by atoms with Gasteiger partial charge in [-0.25, -0.2) is 0 Å². The van der Waals surface area contributed by atoms with Gasteiger partial charge in [0.1, 0.15) is 6.04 Å². The molecular weight excluding hydrogens is 326 g/mol. The van der Waals surface area contributed by atoms with Crippen molar-refractivity contribution in [1.29, 1.82) is 0 Å². The predicted molar refractivity (Wildman–Crippen MR) is 98.6 cm³/mol. The third-order valence-electron chi connectivity index (χ3n) is 3.46. The number of halogens is 1. The summed E-state index contributed by atoms with van der Waals surface area (Å²) in [6.45, 7) is 5.12. The van der Waals surface area contributed by atoms with Crippen LogP contribution in [-0.2, 0) is 9.59 Å². The molecule has 2 rings (SSSR count). The van der Waals surface area contributed by atoms with Crippen LogP contribution in [0.2, 0.25) is 5.02 Å². The summed E-state index contributed by atoms with van der Waals surface area (Å²) in [5, 5.41) is 9.03. The molecular formula is C18H20ClN3O2. The topological polar surface area (TPSA) is 70.2 Å². The molecule has 0 aromatic heterocycles. The van der Waals surface area contributed by atoms with Gasteiger partial charge in [0.25, 0.3) is 0 Å². The molecule has 126 valence electrons. The first kappa shape index (κ1) is 17.8. The third kappa shape index (κ3) is 4.73. The minimum atomic E-state index is -0.452. The quantitative estimate of drug-likeness (QED) is 0.765. The molecule has 3 N–H and O–H groups in total. The molecule has 0 radical (unpaired) electrons. The number of para-hydroxylation sites is 1. The second kappa shape index (κ2) is 7.84. The molecule has 0 heterocycles. The van der Waals surface area contributed by atoms with Crippen molar-refractivity contribution in [2.24, 2.45) is 0 Å². The first-order chi connectivity index (χ1) is 11.4. The van der Waals surface area contributed by atoms with E-state index in [-0.39, 0.29) is 11.8 Å². The van der Waals surface area contributed by atoms with Gasteiger partial charge in [-0.05, 0) is 43.7 Å². The van der Waals surface area contributed by atoms with Gasteiger partial charge in [0.15, 0.2) is 0 Å². The maximum atomic E-state index is 12.3. The lowest BCUT2D eigenvalue weighted by molar-refractivity contribution is -0.116. The molecule has 0 fully saturated rings. The fourth-order valence-corrected chi connectivity index (χ4v) is 2.39. The average Bonchev–Trinajstić information content (AvgIpc) is 2.52.